The van der Waals surface area contributed by atoms with Gasteiger partial charge in [0.15, 0.2) is 0 Å². The first-order valence-corrected chi connectivity index (χ1v) is 5.26. The van der Waals surface area contributed by atoms with Crippen molar-refractivity contribution in [3.8, 4) is 11.3 Å². The van der Waals surface area contributed by atoms with Crippen molar-refractivity contribution in [1.82, 2.24) is 4.98 Å². The predicted molar refractivity (Wildman–Crippen MR) is 63.7 cm³/mol. The first kappa shape index (κ1) is 8.81. The summed E-state index contributed by atoms with van der Waals surface area (Å²) in [6.45, 7) is 2.13. The Hall–Kier alpha value is -0.770. The number of hydrogen-bond donors (Lipinski definition) is 1. The topological polar surface area (TPSA) is 15.8 Å². The molecular weight excluding hydrogens is 273 g/mol. The van der Waals surface area contributed by atoms with Crippen molar-refractivity contribution < 1.29 is 0 Å². The minimum absolute atomic E-state index is 1.22. The molecule has 0 atom stereocenters. The molecule has 13 heavy (non-hydrogen) atoms. The van der Waals surface area contributed by atoms with Gasteiger partial charge in [-0.1, -0.05) is 24.3 Å². The summed E-state index contributed by atoms with van der Waals surface area (Å²) in [7, 11) is 0. The Labute approximate surface area is 91.3 Å². The van der Waals surface area contributed by atoms with Gasteiger partial charge in [0, 0.05) is 15.3 Å². The lowest BCUT2D eigenvalue weighted by Crippen LogP contribution is -1.83. The largest absolute Gasteiger partial charge is 0.360 e. The van der Waals surface area contributed by atoms with Crippen LogP contribution in [0.4, 0.5) is 0 Å². The lowest BCUT2D eigenvalue weighted by Gasteiger charge is -2.03. The van der Waals surface area contributed by atoms with Crippen LogP contribution in [0.2, 0.25) is 0 Å². The number of H-pyrrole nitrogens is 1. The first-order valence-electron chi connectivity index (χ1n) is 4.18. The van der Waals surface area contributed by atoms with Gasteiger partial charge in [0.25, 0.3) is 0 Å². The van der Waals surface area contributed by atoms with Gasteiger partial charge in [0.2, 0.25) is 0 Å². The second-order valence-corrected chi connectivity index (χ2v) is 4.18. The summed E-state index contributed by atoms with van der Waals surface area (Å²) in [6.07, 6.45) is 1.98. The van der Waals surface area contributed by atoms with Gasteiger partial charge in [0.1, 0.15) is 0 Å². The molecule has 0 fully saturated rings. The van der Waals surface area contributed by atoms with Gasteiger partial charge in [-0.25, -0.2) is 0 Å². The molecule has 0 aliphatic carbocycles. The van der Waals surface area contributed by atoms with E-state index in [1.54, 1.807) is 0 Å². The Balaban J connectivity index is 2.59. The molecule has 2 aromatic rings. The van der Waals surface area contributed by atoms with E-state index in [1.165, 1.54) is 20.4 Å². The molecule has 0 saturated heterocycles. The normalized spacial score (nSPS) is 10.3. The van der Waals surface area contributed by atoms with Gasteiger partial charge in [-0.2, -0.15) is 0 Å². The second-order valence-electron chi connectivity index (χ2n) is 3.02. The third-order valence-electron chi connectivity index (χ3n) is 2.11. The summed E-state index contributed by atoms with van der Waals surface area (Å²) in [5.74, 6) is 0. The Morgan fingerprint density at radius 3 is 2.54 bits per heavy atom. The molecule has 0 saturated carbocycles. The molecule has 0 amide bonds. The third-order valence-corrected chi connectivity index (χ3v) is 3.01. The summed E-state index contributed by atoms with van der Waals surface area (Å²) < 4.78 is 1.27. The van der Waals surface area contributed by atoms with Crippen LogP contribution in [0.3, 0.4) is 0 Å². The molecule has 0 aliphatic rings. The molecule has 1 heterocycles. The van der Waals surface area contributed by atoms with Crippen LogP contribution >= 0.6 is 22.6 Å². The summed E-state index contributed by atoms with van der Waals surface area (Å²) in [4.78, 5) is 3.26. The van der Waals surface area contributed by atoms with Crippen LogP contribution in [0.25, 0.3) is 11.3 Å². The number of hydrogen-bond acceptors (Lipinski definition) is 0. The summed E-state index contributed by atoms with van der Waals surface area (Å²) in [5, 5.41) is 0. The number of aromatic amines is 1. The maximum absolute atomic E-state index is 3.26. The lowest BCUT2D eigenvalue weighted by molar-refractivity contribution is 1.36. The Bertz CT molecular complexity index is 418. The number of benzene rings is 1. The Morgan fingerprint density at radius 1 is 1.15 bits per heavy atom. The number of aryl methyl sites for hydroxylation is 1. The monoisotopic (exact) mass is 283 g/mol. The quantitative estimate of drug-likeness (QED) is 0.770. The molecule has 1 aromatic heterocycles. The molecule has 1 nitrogen and oxygen atoms in total. The predicted octanol–water partition coefficient (Wildman–Crippen LogP) is 3.59. The smallest absolute Gasteiger partial charge is 0.0592 e. The highest BCUT2D eigenvalue weighted by atomic mass is 127. The lowest BCUT2D eigenvalue weighted by atomic mass is 10.1. The van der Waals surface area contributed by atoms with Gasteiger partial charge in [-0.15, -0.1) is 0 Å². The summed E-state index contributed by atoms with van der Waals surface area (Å²) in [5.41, 5.74) is 3.82. The van der Waals surface area contributed by atoms with Gasteiger partial charge in [0.05, 0.1) is 5.69 Å². The van der Waals surface area contributed by atoms with Crippen molar-refractivity contribution >= 4 is 22.6 Å². The Morgan fingerprint density at radius 2 is 1.92 bits per heavy atom. The van der Waals surface area contributed by atoms with E-state index in [0.29, 0.717) is 0 Å². The SMILES string of the molecule is Cc1ccccc1-c1[nH]ccc1I. The molecule has 0 spiro atoms. The molecule has 1 aromatic carbocycles. The van der Waals surface area contributed by atoms with Crippen molar-refractivity contribution in [2.45, 2.75) is 6.92 Å². The molecular formula is C11H10IN. The Kier molecular flexibility index (Phi) is 2.40. The highest BCUT2D eigenvalue weighted by Crippen LogP contribution is 2.25. The molecule has 2 rings (SSSR count). The first-order chi connectivity index (χ1) is 6.29. The maximum Gasteiger partial charge on any atom is 0.0592 e. The fourth-order valence-corrected chi connectivity index (χ4v) is 2.04. The number of nitrogens with one attached hydrogen (secondary N) is 1. The minimum atomic E-state index is 1.22. The molecule has 0 bridgehead atoms. The average molecular weight is 283 g/mol. The van der Waals surface area contributed by atoms with E-state index >= 15 is 0 Å². The average Bonchev–Trinajstić information content (AvgIpc) is 2.52. The minimum Gasteiger partial charge on any atom is -0.360 e. The van der Waals surface area contributed by atoms with E-state index in [-0.39, 0.29) is 0 Å². The van der Waals surface area contributed by atoms with E-state index < -0.39 is 0 Å². The highest BCUT2D eigenvalue weighted by Gasteiger charge is 2.04. The van der Waals surface area contributed by atoms with Gasteiger partial charge in [-0.05, 0) is 41.1 Å². The molecule has 1 N–H and O–H groups in total. The highest BCUT2D eigenvalue weighted by molar-refractivity contribution is 14.1. The fourth-order valence-electron chi connectivity index (χ4n) is 1.41. The number of aromatic nitrogens is 1. The van der Waals surface area contributed by atoms with Gasteiger partial charge >= 0.3 is 0 Å². The number of halogens is 1. The molecule has 66 valence electrons. The van der Waals surface area contributed by atoms with E-state index in [9.17, 15) is 0 Å². The van der Waals surface area contributed by atoms with E-state index in [4.69, 9.17) is 0 Å². The fraction of sp³-hybridized carbons (Fsp3) is 0.0909. The van der Waals surface area contributed by atoms with E-state index in [1.807, 2.05) is 6.20 Å². The van der Waals surface area contributed by atoms with Gasteiger partial charge < -0.3 is 4.98 Å². The van der Waals surface area contributed by atoms with E-state index in [0.717, 1.165) is 0 Å². The van der Waals surface area contributed by atoms with Crippen LogP contribution in [0, 0.1) is 10.5 Å². The van der Waals surface area contributed by atoms with Crippen LogP contribution in [0.15, 0.2) is 36.5 Å². The van der Waals surface area contributed by atoms with Crippen LogP contribution in [-0.2, 0) is 0 Å². The second kappa shape index (κ2) is 3.54. The number of rotatable bonds is 1. The van der Waals surface area contributed by atoms with Crippen LogP contribution in [0.1, 0.15) is 5.56 Å². The molecule has 0 radical (unpaired) electrons. The third kappa shape index (κ3) is 1.63. The molecule has 0 unspecified atom stereocenters. The maximum atomic E-state index is 3.26. The zero-order valence-corrected chi connectivity index (χ0v) is 9.50. The summed E-state index contributed by atoms with van der Waals surface area (Å²) >= 11 is 2.34. The van der Waals surface area contributed by atoms with E-state index in [2.05, 4.69) is 64.8 Å². The zero-order valence-electron chi connectivity index (χ0n) is 7.34. The molecule has 0 aliphatic heterocycles. The van der Waals surface area contributed by atoms with Crippen molar-refractivity contribution in [3.05, 3.63) is 45.7 Å². The van der Waals surface area contributed by atoms with Crippen LogP contribution < -0.4 is 0 Å². The van der Waals surface area contributed by atoms with Crippen molar-refractivity contribution in [2.75, 3.05) is 0 Å². The van der Waals surface area contributed by atoms with Crippen molar-refractivity contribution in [2.24, 2.45) is 0 Å². The zero-order chi connectivity index (χ0) is 9.26. The van der Waals surface area contributed by atoms with Crippen LogP contribution in [-0.4, -0.2) is 4.98 Å². The molecule has 2 heteroatoms. The summed E-state index contributed by atoms with van der Waals surface area (Å²) in [6, 6.07) is 10.5. The standard InChI is InChI=1S/C11H10IN/c1-8-4-2-3-5-9(8)11-10(12)6-7-13-11/h2-7,13H,1H3. The van der Waals surface area contributed by atoms with Crippen molar-refractivity contribution in [1.29, 1.82) is 0 Å². The van der Waals surface area contributed by atoms with Crippen LogP contribution in [0.5, 0.6) is 0 Å². The van der Waals surface area contributed by atoms with Gasteiger partial charge in [-0.3, -0.25) is 0 Å². The van der Waals surface area contributed by atoms with Crippen molar-refractivity contribution in [3.63, 3.8) is 0 Å².